The highest BCUT2D eigenvalue weighted by molar-refractivity contribution is 6.14. The summed E-state index contributed by atoms with van der Waals surface area (Å²) >= 11 is 0. The van der Waals surface area contributed by atoms with Crippen molar-refractivity contribution < 1.29 is 22.8 Å². The lowest BCUT2D eigenvalue weighted by atomic mass is 9.77. The Kier molecular flexibility index (Phi) is 7.14. The number of piperidine rings is 1. The SMILES string of the molecule is CC(=O)n1ccc2c(N3Cc4c(cc(CN5CCC[C@H](C)C5)cc4C(F)(F)F)C3=O)cc(C3(c4nncn4C)CCCC3)cc21. The molecule has 1 aliphatic carbocycles. The zero-order valence-electron chi connectivity index (χ0n) is 25.8. The lowest BCUT2D eigenvalue weighted by Crippen LogP contribution is -2.33. The molecule has 7 rings (SSSR count). The van der Waals surface area contributed by atoms with Gasteiger partial charge in [-0.15, -0.1) is 10.2 Å². The minimum atomic E-state index is -4.61. The summed E-state index contributed by atoms with van der Waals surface area (Å²) in [5.74, 6) is 0.615. The maximum absolute atomic E-state index is 14.6. The molecule has 0 spiro atoms. The molecule has 4 heterocycles. The van der Waals surface area contributed by atoms with E-state index >= 15 is 0 Å². The van der Waals surface area contributed by atoms with Crippen LogP contribution in [0.25, 0.3) is 10.9 Å². The quantitative estimate of drug-likeness (QED) is 0.249. The number of anilines is 1. The second kappa shape index (κ2) is 10.8. The third kappa shape index (κ3) is 4.95. The normalized spacial score (nSPS) is 20.4. The first-order valence-electron chi connectivity index (χ1n) is 15.7. The summed E-state index contributed by atoms with van der Waals surface area (Å²) in [4.78, 5) is 30.5. The molecule has 0 bridgehead atoms. The highest BCUT2D eigenvalue weighted by Crippen LogP contribution is 2.49. The van der Waals surface area contributed by atoms with Crippen molar-refractivity contribution in [2.45, 2.75) is 77.1 Å². The van der Waals surface area contributed by atoms with Crippen LogP contribution in [0, 0.1) is 5.92 Å². The van der Waals surface area contributed by atoms with Crippen LogP contribution in [0.3, 0.4) is 0 Å². The summed E-state index contributed by atoms with van der Waals surface area (Å²) in [5, 5.41) is 9.25. The second-order valence-electron chi connectivity index (χ2n) is 13.2. The number of rotatable bonds is 5. The number of hydrogen-bond acceptors (Lipinski definition) is 5. The summed E-state index contributed by atoms with van der Waals surface area (Å²) in [6, 6.07) is 8.57. The molecule has 8 nitrogen and oxygen atoms in total. The Bertz CT molecular complexity index is 1820. The molecule has 2 aliphatic heterocycles. The number of amides is 1. The molecule has 0 N–H and O–H groups in total. The first-order valence-corrected chi connectivity index (χ1v) is 15.7. The van der Waals surface area contributed by atoms with E-state index in [2.05, 4.69) is 22.0 Å². The molecule has 0 radical (unpaired) electrons. The second-order valence-corrected chi connectivity index (χ2v) is 13.2. The number of halogens is 3. The van der Waals surface area contributed by atoms with E-state index < -0.39 is 23.1 Å². The van der Waals surface area contributed by atoms with E-state index in [1.54, 1.807) is 24.7 Å². The van der Waals surface area contributed by atoms with Crippen molar-refractivity contribution in [1.29, 1.82) is 0 Å². The van der Waals surface area contributed by atoms with Gasteiger partial charge in [-0.3, -0.25) is 19.1 Å². The molecule has 4 aromatic rings. The van der Waals surface area contributed by atoms with Gasteiger partial charge in [0.1, 0.15) is 12.2 Å². The Morgan fingerprint density at radius 1 is 1.11 bits per heavy atom. The average molecular weight is 619 g/mol. The molecule has 236 valence electrons. The number of fused-ring (bicyclic) bond motifs is 2. The van der Waals surface area contributed by atoms with Crippen molar-refractivity contribution in [2.75, 3.05) is 18.0 Å². The molecular formula is C34H37F3N6O2. The summed E-state index contributed by atoms with van der Waals surface area (Å²) in [6.45, 7) is 5.44. The molecule has 2 aromatic carbocycles. The first kappa shape index (κ1) is 29.7. The summed E-state index contributed by atoms with van der Waals surface area (Å²) in [6.07, 6.45) is 4.37. The van der Waals surface area contributed by atoms with Crippen LogP contribution in [0.5, 0.6) is 0 Å². The third-order valence-corrected chi connectivity index (χ3v) is 10.1. The Labute approximate surface area is 259 Å². The molecule has 1 atom stereocenters. The van der Waals surface area contributed by atoms with E-state index in [-0.39, 0.29) is 23.6 Å². The molecule has 1 saturated heterocycles. The van der Waals surface area contributed by atoms with Crippen molar-refractivity contribution in [3.05, 3.63) is 76.5 Å². The first-order chi connectivity index (χ1) is 21.5. The fourth-order valence-corrected chi connectivity index (χ4v) is 8.03. The monoisotopic (exact) mass is 618 g/mol. The maximum atomic E-state index is 14.6. The van der Waals surface area contributed by atoms with Gasteiger partial charge < -0.3 is 9.47 Å². The third-order valence-electron chi connectivity index (χ3n) is 10.1. The Balaban J connectivity index is 1.37. The predicted molar refractivity (Wildman–Crippen MR) is 164 cm³/mol. The number of aryl methyl sites for hydroxylation is 1. The topological polar surface area (TPSA) is 76.3 Å². The van der Waals surface area contributed by atoms with Crippen molar-refractivity contribution in [1.82, 2.24) is 24.2 Å². The molecule has 2 fully saturated rings. The van der Waals surface area contributed by atoms with Gasteiger partial charge in [-0.05, 0) is 85.2 Å². The van der Waals surface area contributed by atoms with E-state index in [1.165, 1.54) is 22.5 Å². The fourth-order valence-electron chi connectivity index (χ4n) is 8.03. The number of nitrogens with zero attached hydrogens (tertiary/aromatic N) is 6. The zero-order valence-corrected chi connectivity index (χ0v) is 25.8. The molecule has 1 amide bonds. The molecule has 2 aromatic heterocycles. The van der Waals surface area contributed by atoms with Crippen LogP contribution in [-0.4, -0.2) is 49.1 Å². The van der Waals surface area contributed by atoms with Crippen molar-refractivity contribution in [3.63, 3.8) is 0 Å². The summed E-state index contributed by atoms with van der Waals surface area (Å²) < 4.78 is 47.2. The van der Waals surface area contributed by atoms with E-state index in [9.17, 15) is 22.8 Å². The van der Waals surface area contributed by atoms with Gasteiger partial charge in [-0.25, -0.2) is 0 Å². The summed E-state index contributed by atoms with van der Waals surface area (Å²) in [5.41, 5.74) is 1.32. The number of carbonyl (C=O) groups is 2. The number of hydrogen-bond donors (Lipinski definition) is 0. The number of aromatic nitrogens is 4. The fraction of sp³-hybridized carbons (Fsp3) is 0.471. The van der Waals surface area contributed by atoms with Crippen LogP contribution in [0.15, 0.2) is 42.9 Å². The molecule has 11 heteroatoms. The Morgan fingerprint density at radius 3 is 2.56 bits per heavy atom. The van der Waals surface area contributed by atoms with Crippen molar-refractivity contribution >= 4 is 28.4 Å². The highest BCUT2D eigenvalue weighted by atomic mass is 19.4. The predicted octanol–water partition coefficient (Wildman–Crippen LogP) is 6.70. The Morgan fingerprint density at radius 2 is 1.89 bits per heavy atom. The number of alkyl halides is 3. The highest BCUT2D eigenvalue weighted by Gasteiger charge is 2.44. The smallest absolute Gasteiger partial charge is 0.320 e. The van der Waals surface area contributed by atoms with Crippen LogP contribution in [0.2, 0.25) is 0 Å². The number of likely N-dealkylation sites (tertiary alicyclic amines) is 1. The number of carbonyl (C=O) groups excluding carboxylic acids is 2. The lowest BCUT2D eigenvalue weighted by Gasteiger charge is -2.31. The van der Waals surface area contributed by atoms with E-state index in [4.69, 9.17) is 0 Å². The maximum Gasteiger partial charge on any atom is 0.416 e. The van der Waals surface area contributed by atoms with Crippen molar-refractivity contribution in [3.8, 4) is 0 Å². The largest absolute Gasteiger partial charge is 0.416 e. The molecule has 1 saturated carbocycles. The molecule has 45 heavy (non-hydrogen) atoms. The van der Waals surface area contributed by atoms with Gasteiger partial charge in [-0.2, -0.15) is 13.2 Å². The van der Waals surface area contributed by atoms with Gasteiger partial charge in [0.25, 0.3) is 5.91 Å². The Hall–Kier alpha value is -3.99. The van der Waals surface area contributed by atoms with Crippen LogP contribution in [0.1, 0.15) is 95.6 Å². The van der Waals surface area contributed by atoms with Crippen LogP contribution in [0.4, 0.5) is 18.9 Å². The van der Waals surface area contributed by atoms with Gasteiger partial charge in [0.15, 0.2) is 0 Å². The van der Waals surface area contributed by atoms with Crippen LogP contribution < -0.4 is 4.90 Å². The van der Waals surface area contributed by atoms with Gasteiger partial charge >= 0.3 is 6.18 Å². The minimum Gasteiger partial charge on any atom is -0.320 e. The standard InChI is InChI=1S/C34H37F3N6O2/c1-21-7-6-11-41(17-21)18-23-13-26-27(28(14-23)34(35,36)37)19-43(31(26)45)30-16-24(15-29-25(30)8-12-42(29)22(2)44)33(9-4-5-10-33)32-39-38-20-40(32)3/h8,12-16,20-21H,4-7,9-11,17-19H2,1-3H3/t21-/m0/s1. The molecular weight excluding hydrogens is 581 g/mol. The average Bonchev–Trinajstić information content (AvgIpc) is 3.78. The van der Waals surface area contributed by atoms with E-state index in [1.807, 2.05) is 23.7 Å². The summed E-state index contributed by atoms with van der Waals surface area (Å²) in [7, 11) is 1.90. The van der Waals surface area contributed by atoms with Crippen LogP contribution in [-0.2, 0) is 31.7 Å². The number of benzene rings is 2. The van der Waals surface area contributed by atoms with Crippen LogP contribution >= 0.6 is 0 Å². The molecule has 3 aliphatic rings. The zero-order chi connectivity index (χ0) is 31.7. The lowest BCUT2D eigenvalue weighted by molar-refractivity contribution is -0.138. The van der Waals surface area contributed by atoms with E-state index in [0.29, 0.717) is 34.6 Å². The van der Waals surface area contributed by atoms with Gasteiger partial charge in [0.05, 0.1) is 28.7 Å². The van der Waals surface area contributed by atoms with E-state index in [0.717, 1.165) is 63.0 Å². The molecule has 0 unspecified atom stereocenters. The van der Waals surface area contributed by atoms with Gasteiger partial charge in [-0.1, -0.05) is 19.8 Å². The van der Waals surface area contributed by atoms with Crippen molar-refractivity contribution in [2.24, 2.45) is 13.0 Å². The van der Waals surface area contributed by atoms with Gasteiger partial charge in [0.2, 0.25) is 5.91 Å². The minimum absolute atomic E-state index is 0.00306. The van der Waals surface area contributed by atoms with Gasteiger partial charge in [0, 0.05) is 44.2 Å².